The number of fused-ring (bicyclic) bond motifs is 1. The van der Waals surface area contributed by atoms with Crippen molar-refractivity contribution in [3.05, 3.63) is 72.6 Å². The molecule has 1 aromatic heterocycles. The molecule has 1 aliphatic rings. The maximum atomic E-state index is 5.62. The number of pyridine rings is 1. The molecule has 1 unspecified atom stereocenters. The summed E-state index contributed by atoms with van der Waals surface area (Å²) in [5, 5.41) is 9.87. The Morgan fingerprint density at radius 3 is 2.88 bits per heavy atom. The molecule has 4 nitrogen and oxygen atoms in total. The molecule has 3 aromatic rings. The second-order valence-electron chi connectivity index (χ2n) is 5.88. The van der Waals surface area contributed by atoms with Crippen LogP contribution in [0.15, 0.2) is 67.0 Å². The van der Waals surface area contributed by atoms with Gasteiger partial charge in [0.25, 0.3) is 0 Å². The maximum absolute atomic E-state index is 5.62. The zero-order chi connectivity index (χ0) is 16.4. The van der Waals surface area contributed by atoms with Gasteiger partial charge in [0.15, 0.2) is 5.11 Å². The smallest absolute Gasteiger partial charge is 0.174 e. The van der Waals surface area contributed by atoms with Crippen LogP contribution >= 0.6 is 12.2 Å². The largest absolute Gasteiger partial charge is 0.334 e. The summed E-state index contributed by atoms with van der Waals surface area (Å²) in [4.78, 5) is 6.33. The molecule has 0 spiro atoms. The summed E-state index contributed by atoms with van der Waals surface area (Å²) in [5.41, 5.74) is 2.31. The number of hydrogen-bond donors (Lipinski definition) is 2. The first-order chi connectivity index (χ1) is 11.8. The van der Waals surface area contributed by atoms with Gasteiger partial charge in [-0.2, -0.15) is 0 Å². The molecule has 2 N–H and O–H groups in total. The van der Waals surface area contributed by atoms with Crippen molar-refractivity contribution in [2.45, 2.75) is 6.04 Å². The molecule has 5 heteroatoms. The van der Waals surface area contributed by atoms with E-state index in [0.29, 0.717) is 6.04 Å². The van der Waals surface area contributed by atoms with Crippen LogP contribution in [0.2, 0.25) is 0 Å². The van der Waals surface area contributed by atoms with Gasteiger partial charge < -0.3 is 10.2 Å². The number of anilines is 1. The molecule has 2 aromatic carbocycles. The van der Waals surface area contributed by atoms with E-state index < -0.39 is 0 Å². The summed E-state index contributed by atoms with van der Waals surface area (Å²) in [5.74, 6) is 0. The third-order valence-electron chi connectivity index (χ3n) is 4.34. The van der Waals surface area contributed by atoms with Crippen molar-refractivity contribution >= 4 is 33.8 Å². The summed E-state index contributed by atoms with van der Waals surface area (Å²) in [6.07, 6.45) is 3.67. The van der Waals surface area contributed by atoms with Crippen molar-refractivity contribution < 1.29 is 0 Å². The average Bonchev–Trinajstić information content (AvgIpc) is 3.13. The zero-order valence-electron chi connectivity index (χ0n) is 13.1. The van der Waals surface area contributed by atoms with E-state index in [9.17, 15) is 0 Å². The lowest BCUT2D eigenvalue weighted by Gasteiger charge is -2.20. The highest BCUT2D eigenvalue weighted by molar-refractivity contribution is 7.80. The molecule has 0 bridgehead atoms. The fourth-order valence-corrected chi connectivity index (χ4v) is 3.31. The minimum atomic E-state index is 0.308. The highest BCUT2D eigenvalue weighted by Gasteiger charge is 2.24. The Labute approximate surface area is 146 Å². The normalized spacial score (nSPS) is 17.2. The Hall–Kier alpha value is -2.50. The van der Waals surface area contributed by atoms with Gasteiger partial charge in [-0.3, -0.25) is 10.3 Å². The van der Waals surface area contributed by atoms with Crippen molar-refractivity contribution in [1.29, 1.82) is 0 Å². The molecule has 0 saturated carbocycles. The van der Waals surface area contributed by atoms with Crippen LogP contribution in [0.5, 0.6) is 0 Å². The standard InChI is InChI=1S/C19H18N4S/c24-19(22-17-8-4-7-15-11-20-10-9-16(15)17)23-12-18(21-13-23)14-5-2-1-3-6-14/h1-11,18,21H,12-13H2,(H,22,24). The minimum absolute atomic E-state index is 0.308. The third-order valence-corrected chi connectivity index (χ3v) is 4.70. The first kappa shape index (κ1) is 15.1. The minimum Gasteiger partial charge on any atom is -0.334 e. The maximum Gasteiger partial charge on any atom is 0.174 e. The van der Waals surface area contributed by atoms with Gasteiger partial charge in [0.1, 0.15) is 0 Å². The number of aromatic nitrogens is 1. The molecule has 120 valence electrons. The number of nitrogens with one attached hydrogen (secondary N) is 2. The van der Waals surface area contributed by atoms with E-state index in [-0.39, 0.29) is 0 Å². The van der Waals surface area contributed by atoms with Gasteiger partial charge in [0.2, 0.25) is 0 Å². The highest BCUT2D eigenvalue weighted by atomic mass is 32.1. The quantitative estimate of drug-likeness (QED) is 0.702. The van der Waals surface area contributed by atoms with Gasteiger partial charge in [-0.15, -0.1) is 0 Å². The van der Waals surface area contributed by atoms with Crippen molar-refractivity contribution in [3.8, 4) is 0 Å². The second-order valence-corrected chi connectivity index (χ2v) is 6.27. The van der Waals surface area contributed by atoms with Crippen LogP contribution in [0.25, 0.3) is 10.8 Å². The summed E-state index contributed by atoms with van der Waals surface area (Å²) in [7, 11) is 0. The van der Waals surface area contributed by atoms with Gasteiger partial charge in [-0.25, -0.2) is 0 Å². The molecule has 0 amide bonds. The Balaban J connectivity index is 1.49. The zero-order valence-corrected chi connectivity index (χ0v) is 14.0. The highest BCUT2D eigenvalue weighted by Crippen LogP contribution is 2.24. The van der Waals surface area contributed by atoms with Crippen LogP contribution in [0.4, 0.5) is 5.69 Å². The molecule has 1 fully saturated rings. The van der Waals surface area contributed by atoms with Crippen LogP contribution in [0, 0.1) is 0 Å². The van der Waals surface area contributed by atoms with Crippen LogP contribution in [0.3, 0.4) is 0 Å². The fourth-order valence-electron chi connectivity index (χ4n) is 3.06. The van der Waals surface area contributed by atoms with E-state index in [4.69, 9.17) is 12.2 Å². The van der Waals surface area contributed by atoms with Gasteiger partial charge >= 0.3 is 0 Å². The van der Waals surface area contributed by atoms with Crippen LogP contribution in [-0.4, -0.2) is 28.2 Å². The molecular formula is C19H18N4S. The van der Waals surface area contributed by atoms with Crippen molar-refractivity contribution in [2.75, 3.05) is 18.5 Å². The van der Waals surface area contributed by atoms with Crippen molar-refractivity contribution in [3.63, 3.8) is 0 Å². The summed E-state index contributed by atoms with van der Waals surface area (Å²) >= 11 is 5.62. The SMILES string of the molecule is S=C(Nc1cccc2cnccc12)N1CNC(c2ccccc2)C1. The van der Waals surface area contributed by atoms with Crippen LogP contribution < -0.4 is 10.6 Å². The predicted molar refractivity (Wildman–Crippen MR) is 102 cm³/mol. The monoisotopic (exact) mass is 334 g/mol. The molecule has 4 rings (SSSR count). The molecule has 1 atom stereocenters. The Bertz CT molecular complexity index is 860. The number of nitrogens with zero attached hydrogens (tertiary/aromatic N) is 2. The first-order valence-corrected chi connectivity index (χ1v) is 8.39. The number of benzene rings is 2. The molecule has 1 saturated heterocycles. The Morgan fingerprint density at radius 2 is 2.00 bits per heavy atom. The van der Waals surface area contributed by atoms with E-state index in [1.165, 1.54) is 5.56 Å². The van der Waals surface area contributed by atoms with Crippen molar-refractivity contribution in [2.24, 2.45) is 0 Å². The van der Waals surface area contributed by atoms with Gasteiger partial charge in [0.05, 0.1) is 12.7 Å². The van der Waals surface area contributed by atoms with Gasteiger partial charge in [-0.05, 0) is 29.9 Å². The second kappa shape index (κ2) is 6.55. The molecule has 1 aliphatic heterocycles. The first-order valence-electron chi connectivity index (χ1n) is 7.98. The number of hydrogen-bond acceptors (Lipinski definition) is 3. The van der Waals surface area contributed by atoms with Gasteiger partial charge in [0, 0.05) is 35.4 Å². The number of rotatable bonds is 2. The molecule has 24 heavy (non-hydrogen) atoms. The lowest BCUT2D eigenvalue weighted by atomic mass is 10.1. The Kier molecular flexibility index (Phi) is 4.11. The van der Waals surface area contributed by atoms with E-state index in [1.54, 1.807) is 6.20 Å². The third kappa shape index (κ3) is 2.96. The summed E-state index contributed by atoms with van der Waals surface area (Å²) in [6, 6.07) is 18.9. The summed E-state index contributed by atoms with van der Waals surface area (Å²) < 4.78 is 0. The Morgan fingerprint density at radius 1 is 1.12 bits per heavy atom. The summed E-state index contributed by atoms with van der Waals surface area (Å²) in [6.45, 7) is 1.61. The van der Waals surface area contributed by atoms with Crippen molar-refractivity contribution in [1.82, 2.24) is 15.2 Å². The van der Waals surface area contributed by atoms with E-state index in [1.807, 2.05) is 30.5 Å². The van der Waals surface area contributed by atoms with E-state index in [0.717, 1.165) is 34.8 Å². The predicted octanol–water partition coefficient (Wildman–Crippen LogP) is 3.54. The topological polar surface area (TPSA) is 40.2 Å². The van der Waals surface area contributed by atoms with E-state index >= 15 is 0 Å². The van der Waals surface area contributed by atoms with E-state index in [2.05, 4.69) is 50.8 Å². The molecule has 0 radical (unpaired) electrons. The average molecular weight is 334 g/mol. The lowest BCUT2D eigenvalue weighted by molar-refractivity contribution is 0.514. The number of thiocarbonyl (C=S) groups is 1. The molecule has 0 aliphatic carbocycles. The fraction of sp³-hybridized carbons (Fsp3) is 0.158. The molecule has 2 heterocycles. The van der Waals surface area contributed by atoms with Crippen LogP contribution in [0.1, 0.15) is 11.6 Å². The van der Waals surface area contributed by atoms with Crippen LogP contribution in [-0.2, 0) is 0 Å². The van der Waals surface area contributed by atoms with Gasteiger partial charge in [-0.1, -0.05) is 42.5 Å². The molecular weight excluding hydrogens is 316 g/mol. The lowest BCUT2D eigenvalue weighted by Crippen LogP contribution is -2.33.